The van der Waals surface area contributed by atoms with Crippen molar-refractivity contribution in [2.45, 2.75) is 19.6 Å². The number of fused-ring (bicyclic) bond motifs is 1. The first-order valence-electron chi connectivity index (χ1n) is 9.51. The summed E-state index contributed by atoms with van der Waals surface area (Å²) in [6, 6.07) is 27.0. The summed E-state index contributed by atoms with van der Waals surface area (Å²) in [5.41, 5.74) is 1.82. The highest BCUT2D eigenvalue weighted by Gasteiger charge is 2.17. The molecule has 4 rings (SSSR count). The Morgan fingerprint density at radius 3 is 1.97 bits per heavy atom. The zero-order valence-electron chi connectivity index (χ0n) is 15.9. The highest BCUT2D eigenvalue weighted by Crippen LogP contribution is 2.12. The number of aromatic nitrogens is 2. The molecule has 5 nitrogen and oxygen atoms in total. The Morgan fingerprint density at radius 1 is 0.793 bits per heavy atom. The minimum absolute atomic E-state index is 0.0939. The molecule has 0 spiro atoms. The van der Waals surface area contributed by atoms with Gasteiger partial charge in [0.05, 0.1) is 11.6 Å². The molecule has 0 aliphatic carbocycles. The van der Waals surface area contributed by atoms with Crippen LogP contribution in [0.25, 0.3) is 10.8 Å². The smallest absolute Gasteiger partial charge is 0.275 e. The first-order valence-corrected chi connectivity index (χ1v) is 9.51. The maximum absolute atomic E-state index is 13.1. The third kappa shape index (κ3) is 4.41. The average molecular weight is 383 g/mol. The van der Waals surface area contributed by atoms with Crippen LogP contribution in [0.15, 0.2) is 95.9 Å². The molecule has 0 radical (unpaired) electrons. The van der Waals surface area contributed by atoms with Crippen molar-refractivity contribution in [3.8, 4) is 0 Å². The van der Waals surface area contributed by atoms with E-state index in [1.807, 2.05) is 78.9 Å². The van der Waals surface area contributed by atoms with E-state index in [0.29, 0.717) is 18.5 Å². The van der Waals surface area contributed by atoms with Crippen LogP contribution in [-0.4, -0.2) is 20.6 Å². The molecule has 1 amide bonds. The summed E-state index contributed by atoms with van der Waals surface area (Å²) >= 11 is 0. The van der Waals surface area contributed by atoms with Crippen molar-refractivity contribution in [1.82, 2.24) is 14.7 Å². The molecule has 0 unspecified atom stereocenters. The molecule has 5 heteroatoms. The van der Waals surface area contributed by atoms with E-state index in [0.717, 1.165) is 16.5 Å². The standard InChI is InChI=1S/C24H21N3O2/c28-23(18-27-24(29)22-14-8-7-13-21(22)15-25-27)26(16-19-9-3-1-4-10-19)17-20-11-5-2-6-12-20/h1-15H,16-18H2. The van der Waals surface area contributed by atoms with Gasteiger partial charge in [0.1, 0.15) is 6.54 Å². The van der Waals surface area contributed by atoms with E-state index in [4.69, 9.17) is 0 Å². The fraction of sp³-hybridized carbons (Fsp3) is 0.125. The van der Waals surface area contributed by atoms with Crippen molar-refractivity contribution in [3.05, 3.63) is 113 Å². The molecule has 1 aromatic heterocycles. The number of carbonyl (C=O) groups excluding carboxylic acids is 1. The number of benzene rings is 3. The van der Waals surface area contributed by atoms with E-state index < -0.39 is 0 Å². The van der Waals surface area contributed by atoms with Gasteiger partial charge in [0, 0.05) is 18.5 Å². The monoisotopic (exact) mass is 383 g/mol. The van der Waals surface area contributed by atoms with E-state index in [9.17, 15) is 9.59 Å². The zero-order chi connectivity index (χ0) is 20.1. The van der Waals surface area contributed by atoms with Crippen LogP contribution in [0.1, 0.15) is 11.1 Å². The van der Waals surface area contributed by atoms with E-state index in [-0.39, 0.29) is 18.0 Å². The molecule has 0 saturated heterocycles. The third-order valence-corrected chi connectivity index (χ3v) is 4.83. The lowest BCUT2D eigenvalue weighted by atomic mass is 10.1. The van der Waals surface area contributed by atoms with Gasteiger partial charge in [-0.2, -0.15) is 5.10 Å². The number of nitrogens with zero attached hydrogens (tertiary/aromatic N) is 3. The predicted octanol–water partition coefficient (Wildman–Crippen LogP) is 3.63. The van der Waals surface area contributed by atoms with Gasteiger partial charge >= 0.3 is 0 Å². The first kappa shape index (κ1) is 18.6. The van der Waals surface area contributed by atoms with Gasteiger partial charge in [-0.25, -0.2) is 4.68 Å². The fourth-order valence-corrected chi connectivity index (χ4v) is 3.31. The van der Waals surface area contributed by atoms with Crippen molar-refractivity contribution >= 4 is 16.7 Å². The van der Waals surface area contributed by atoms with Crippen LogP contribution in [0.2, 0.25) is 0 Å². The summed E-state index contributed by atoms with van der Waals surface area (Å²) < 4.78 is 1.24. The van der Waals surface area contributed by atoms with Crippen molar-refractivity contribution in [2.24, 2.45) is 0 Å². The molecule has 0 bridgehead atoms. The zero-order valence-corrected chi connectivity index (χ0v) is 15.9. The maximum Gasteiger partial charge on any atom is 0.275 e. The van der Waals surface area contributed by atoms with Crippen molar-refractivity contribution < 1.29 is 4.79 Å². The van der Waals surface area contributed by atoms with Gasteiger partial charge in [-0.3, -0.25) is 9.59 Å². The minimum Gasteiger partial charge on any atom is -0.332 e. The normalized spacial score (nSPS) is 10.8. The molecule has 0 N–H and O–H groups in total. The summed E-state index contributed by atoms with van der Waals surface area (Å²) in [5.74, 6) is -0.150. The molecule has 4 aromatic rings. The van der Waals surface area contributed by atoms with Crippen LogP contribution < -0.4 is 5.56 Å². The van der Waals surface area contributed by atoms with Gasteiger partial charge in [0.2, 0.25) is 5.91 Å². The second-order valence-corrected chi connectivity index (χ2v) is 6.92. The van der Waals surface area contributed by atoms with Crippen LogP contribution in [0, 0.1) is 0 Å². The van der Waals surface area contributed by atoms with Crippen molar-refractivity contribution in [1.29, 1.82) is 0 Å². The number of hydrogen-bond donors (Lipinski definition) is 0. The molecule has 0 saturated carbocycles. The molecule has 0 fully saturated rings. The van der Waals surface area contributed by atoms with Gasteiger partial charge in [0.25, 0.3) is 5.56 Å². The second-order valence-electron chi connectivity index (χ2n) is 6.92. The van der Waals surface area contributed by atoms with Crippen LogP contribution in [0.5, 0.6) is 0 Å². The Kier molecular flexibility index (Phi) is 5.47. The van der Waals surface area contributed by atoms with Gasteiger partial charge in [-0.15, -0.1) is 0 Å². The van der Waals surface area contributed by atoms with E-state index in [1.165, 1.54) is 4.68 Å². The van der Waals surface area contributed by atoms with Crippen molar-refractivity contribution in [2.75, 3.05) is 0 Å². The molecule has 0 atom stereocenters. The van der Waals surface area contributed by atoms with Crippen LogP contribution >= 0.6 is 0 Å². The molecular weight excluding hydrogens is 362 g/mol. The predicted molar refractivity (Wildman–Crippen MR) is 113 cm³/mol. The van der Waals surface area contributed by atoms with Gasteiger partial charge in [-0.05, 0) is 17.2 Å². The minimum atomic E-state index is -0.254. The lowest BCUT2D eigenvalue weighted by Gasteiger charge is -2.23. The number of carbonyl (C=O) groups is 1. The largest absolute Gasteiger partial charge is 0.332 e. The lowest BCUT2D eigenvalue weighted by molar-refractivity contribution is -0.133. The summed E-state index contributed by atoms with van der Waals surface area (Å²) in [4.78, 5) is 27.6. The van der Waals surface area contributed by atoms with E-state index >= 15 is 0 Å². The third-order valence-electron chi connectivity index (χ3n) is 4.83. The summed E-state index contributed by atoms with van der Waals surface area (Å²) in [7, 11) is 0. The quantitative estimate of drug-likeness (QED) is 0.511. The number of amides is 1. The van der Waals surface area contributed by atoms with Crippen LogP contribution in [0.3, 0.4) is 0 Å². The molecule has 0 aliphatic heterocycles. The Bertz CT molecular complexity index is 1130. The molecular formula is C24H21N3O2. The first-order chi connectivity index (χ1) is 14.2. The van der Waals surface area contributed by atoms with Crippen LogP contribution in [0.4, 0.5) is 0 Å². The van der Waals surface area contributed by atoms with Crippen molar-refractivity contribution in [3.63, 3.8) is 0 Å². The molecule has 1 heterocycles. The SMILES string of the molecule is O=C(Cn1ncc2ccccc2c1=O)N(Cc1ccccc1)Cc1ccccc1. The summed E-state index contributed by atoms with van der Waals surface area (Å²) in [5, 5.41) is 5.53. The number of hydrogen-bond acceptors (Lipinski definition) is 3. The Morgan fingerprint density at radius 2 is 1.34 bits per heavy atom. The second kappa shape index (κ2) is 8.52. The molecule has 29 heavy (non-hydrogen) atoms. The van der Waals surface area contributed by atoms with E-state index in [2.05, 4.69) is 5.10 Å². The summed E-state index contributed by atoms with van der Waals surface area (Å²) in [6.45, 7) is 0.844. The Labute approximate surface area is 168 Å². The highest BCUT2D eigenvalue weighted by atomic mass is 16.2. The number of rotatable bonds is 6. The fourth-order valence-electron chi connectivity index (χ4n) is 3.31. The molecule has 144 valence electrons. The molecule has 3 aromatic carbocycles. The van der Waals surface area contributed by atoms with Gasteiger partial charge in [-0.1, -0.05) is 78.9 Å². The Hall–Kier alpha value is -3.73. The van der Waals surface area contributed by atoms with Crippen LogP contribution in [-0.2, 0) is 24.4 Å². The van der Waals surface area contributed by atoms with Gasteiger partial charge < -0.3 is 4.90 Å². The Balaban J connectivity index is 1.60. The topological polar surface area (TPSA) is 55.2 Å². The van der Waals surface area contributed by atoms with Gasteiger partial charge in [0.15, 0.2) is 0 Å². The highest BCUT2D eigenvalue weighted by molar-refractivity contribution is 5.81. The summed E-state index contributed by atoms with van der Waals surface area (Å²) in [6.07, 6.45) is 1.63. The van der Waals surface area contributed by atoms with E-state index in [1.54, 1.807) is 17.2 Å². The average Bonchev–Trinajstić information content (AvgIpc) is 2.77. The maximum atomic E-state index is 13.1. The molecule has 0 aliphatic rings. The lowest BCUT2D eigenvalue weighted by Crippen LogP contribution is -2.36.